The quantitative estimate of drug-likeness (QED) is 0.717. The number of rotatable bonds is 8. The van der Waals surface area contributed by atoms with Crippen LogP contribution in [-0.2, 0) is 13.1 Å². The van der Waals surface area contributed by atoms with Gasteiger partial charge in [-0.1, -0.05) is 60.7 Å². The molecule has 0 atom stereocenters. The van der Waals surface area contributed by atoms with Gasteiger partial charge >= 0.3 is 0 Å². The number of benzene rings is 2. The summed E-state index contributed by atoms with van der Waals surface area (Å²) in [6.45, 7) is 3.74. The first-order valence-corrected chi connectivity index (χ1v) is 8.95. The fourth-order valence-electron chi connectivity index (χ4n) is 2.57. The maximum Gasteiger partial charge on any atom is 0.169 e. The lowest BCUT2D eigenvalue weighted by Crippen LogP contribution is -3.05. The molecule has 0 saturated heterocycles. The summed E-state index contributed by atoms with van der Waals surface area (Å²) in [7, 11) is 4.38. The van der Waals surface area contributed by atoms with Gasteiger partial charge in [-0.2, -0.15) is 0 Å². The van der Waals surface area contributed by atoms with Crippen molar-refractivity contribution in [2.45, 2.75) is 19.5 Å². The Kier molecular flexibility index (Phi) is 7.72. The molecule has 24 heavy (non-hydrogen) atoms. The van der Waals surface area contributed by atoms with Gasteiger partial charge in [0.2, 0.25) is 0 Å². The average molecular weight is 343 g/mol. The summed E-state index contributed by atoms with van der Waals surface area (Å²) in [6, 6.07) is 20.9. The van der Waals surface area contributed by atoms with Crippen molar-refractivity contribution in [2.75, 3.05) is 27.2 Å². The molecule has 0 radical (unpaired) electrons. The maximum absolute atomic E-state index is 5.66. The minimum absolute atomic E-state index is 0.768. The first kappa shape index (κ1) is 18.4. The van der Waals surface area contributed by atoms with E-state index in [0.29, 0.717) is 0 Å². The third kappa shape index (κ3) is 6.69. The average Bonchev–Trinajstić information content (AvgIpc) is 2.60. The number of hydrogen-bond acceptors (Lipinski definition) is 1. The Morgan fingerprint density at radius 1 is 0.958 bits per heavy atom. The number of thiocarbonyl (C=S) groups is 1. The molecule has 0 aliphatic rings. The Hall–Kier alpha value is -1.91. The van der Waals surface area contributed by atoms with Gasteiger partial charge in [-0.25, -0.2) is 0 Å². The fourth-order valence-corrected chi connectivity index (χ4v) is 2.79. The van der Waals surface area contributed by atoms with Crippen LogP contribution in [0.2, 0.25) is 0 Å². The first-order chi connectivity index (χ1) is 11.6. The van der Waals surface area contributed by atoms with E-state index in [2.05, 4.69) is 78.9 Å². The first-order valence-electron chi connectivity index (χ1n) is 8.55. The van der Waals surface area contributed by atoms with Crippen LogP contribution in [0.5, 0.6) is 0 Å². The van der Waals surface area contributed by atoms with Crippen molar-refractivity contribution in [3.63, 3.8) is 0 Å². The Balaban J connectivity index is 1.93. The topological polar surface area (TPSA) is 19.7 Å². The molecule has 128 valence electrons. The van der Waals surface area contributed by atoms with E-state index < -0.39 is 0 Å². The molecule has 0 spiro atoms. The standard InChI is InChI=1S/C20H27N3S/c1-22(2)14-9-15-23(17-19-12-7-4-8-13-19)20(24)21-16-18-10-5-3-6-11-18/h3-8,10-13H,9,14-17H2,1-2H3,(H,21,24)/p+1. The van der Waals surface area contributed by atoms with E-state index in [4.69, 9.17) is 12.2 Å². The van der Waals surface area contributed by atoms with Gasteiger partial charge in [-0.15, -0.1) is 0 Å². The number of hydrogen-bond donors (Lipinski definition) is 2. The van der Waals surface area contributed by atoms with Crippen LogP contribution in [0.15, 0.2) is 60.7 Å². The molecule has 0 fully saturated rings. The Morgan fingerprint density at radius 3 is 2.12 bits per heavy atom. The molecule has 2 rings (SSSR count). The molecule has 0 bridgehead atoms. The van der Waals surface area contributed by atoms with E-state index in [-0.39, 0.29) is 0 Å². The van der Waals surface area contributed by atoms with Crippen LogP contribution in [-0.4, -0.2) is 37.2 Å². The summed E-state index contributed by atoms with van der Waals surface area (Å²) in [4.78, 5) is 3.74. The molecule has 2 aromatic rings. The summed E-state index contributed by atoms with van der Waals surface area (Å²) >= 11 is 5.66. The van der Waals surface area contributed by atoms with Gasteiger partial charge in [0.05, 0.1) is 20.6 Å². The van der Waals surface area contributed by atoms with Gasteiger partial charge in [-0.05, 0) is 23.3 Å². The highest BCUT2D eigenvalue weighted by Gasteiger charge is 2.11. The second-order valence-corrected chi connectivity index (χ2v) is 6.75. The zero-order chi connectivity index (χ0) is 17.2. The van der Waals surface area contributed by atoms with Gasteiger partial charge in [0, 0.05) is 26.1 Å². The van der Waals surface area contributed by atoms with Gasteiger partial charge in [0.15, 0.2) is 5.11 Å². The molecular formula is C20H28N3S+. The van der Waals surface area contributed by atoms with Crippen molar-refractivity contribution in [3.8, 4) is 0 Å². The van der Waals surface area contributed by atoms with E-state index in [0.717, 1.165) is 37.7 Å². The molecule has 0 unspecified atom stereocenters. The SMILES string of the molecule is C[NH+](C)CCCN(Cc1ccccc1)C(=S)NCc1ccccc1. The van der Waals surface area contributed by atoms with Crippen molar-refractivity contribution in [2.24, 2.45) is 0 Å². The largest absolute Gasteiger partial charge is 0.358 e. The third-order valence-electron chi connectivity index (χ3n) is 3.89. The predicted octanol–water partition coefficient (Wildman–Crippen LogP) is 2.10. The van der Waals surface area contributed by atoms with Gasteiger partial charge in [-0.3, -0.25) is 0 Å². The van der Waals surface area contributed by atoms with Crippen LogP contribution in [0, 0.1) is 0 Å². The van der Waals surface area contributed by atoms with E-state index in [9.17, 15) is 0 Å². The minimum atomic E-state index is 0.768. The van der Waals surface area contributed by atoms with E-state index in [1.807, 2.05) is 6.07 Å². The van der Waals surface area contributed by atoms with Crippen LogP contribution in [0.1, 0.15) is 17.5 Å². The zero-order valence-electron chi connectivity index (χ0n) is 14.7. The number of nitrogens with one attached hydrogen (secondary N) is 2. The third-order valence-corrected chi connectivity index (χ3v) is 4.30. The molecular weight excluding hydrogens is 314 g/mol. The van der Waals surface area contributed by atoms with Crippen LogP contribution < -0.4 is 10.2 Å². The predicted molar refractivity (Wildman–Crippen MR) is 105 cm³/mol. The summed E-state index contributed by atoms with van der Waals surface area (Å²) in [6.07, 6.45) is 1.13. The molecule has 2 aromatic carbocycles. The molecule has 0 heterocycles. The Labute approximate surface area is 151 Å². The molecule has 0 aliphatic carbocycles. The second kappa shape index (κ2) is 10.1. The summed E-state index contributed by atoms with van der Waals surface area (Å²) in [5.41, 5.74) is 2.54. The monoisotopic (exact) mass is 342 g/mol. The van der Waals surface area contributed by atoms with Crippen LogP contribution in [0.25, 0.3) is 0 Å². The van der Waals surface area contributed by atoms with Crippen molar-refractivity contribution >= 4 is 17.3 Å². The van der Waals surface area contributed by atoms with Gasteiger partial charge in [0.25, 0.3) is 0 Å². The van der Waals surface area contributed by atoms with Crippen molar-refractivity contribution < 1.29 is 4.90 Å². The lowest BCUT2D eigenvalue weighted by atomic mass is 10.2. The molecule has 0 amide bonds. The van der Waals surface area contributed by atoms with Crippen molar-refractivity contribution in [1.82, 2.24) is 10.2 Å². The van der Waals surface area contributed by atoms with Gasteiger partial charge in [0.1, 0.15) is 0 Å². The fraction of sp³-hybridized carbons (Fsp3) is 0.350. The van der Waals surface area contributed by atoms with Crippen LogP contribution >= 0.6 is 12.2 Å². The normalized spacial score (nSPS) is 10.6. The lowest BCUT2D eigenvalue weighted by Gasteiger charge is -2.26. The van der Waals surface area contributed by atoms with E-state index in [1.165, 1.54) is 16.0 Å². The van der Waals surface area contributed by atoms with E-state index >= 15 is 0 Å². The van der Waals surface area contributed by atoms with Crippen molar-refractivity contribution in [1.29, 1.82) is 0 Å². The number of nitrogens with zero attached hydrogens (tertiary/aromatic N) is 1. The molecule has 0 aromatic heterocycles. The summed E-state index contributed by atoms with van der Waals surface area (Å²) in [5, 5.41) is 4.24. The lowest BCUT2D eigenvalue weighted by molar-refractivity contribution is -0.858. The molecule has 3 nitrogen and oxygen atoms in total. The highest BCUT2D eigenvalue weighted by Crippen LogP contribution is 2.06. The molecule has 0 saturated carbocycles. The summed E-state index contributed by atoms with van der Waals surface area (Å²) in [5.74, 6) is 0. The van der Waals surface area contributed by atoms with Gasteiger partial charge < -0.3 is 15.1 Å². The van der Waals surface area contributed by atoms with Crippen molar-refractivity contribution in [3.05, 3.63) is 71.8 Å². The highest BCUT2D eigenvalue weighted by molar-refractivity contribution is 7.80. The van der Waals surface area contributed by atoms with Crippen LogP contribution in [0.4, 0.5) is 0 Å². The highest BCUT2D eigenvalue weighted by atomic mass is 32.1. The molecule has 0 aliphatic heterocycles. The molecule has 4 heteroatoms. The minimum Gasteiger partial charge on any atom is -0.358 e. The van der Waals surface area contributed by atoms with E-state index in [1.54, 1.807) is 0 Å². The smallest absolute Gasteiger partial charge is 0.169 e. The Bertz CT molecular complexity index is 599. The van der Waals surface area contributed by atoms with Crippen LogP contribution in [0.3, 0.4) is 0 Å². The summed E-state index contributed by atoms with van der Waals surface area (Å²) < 4.78 is 0. The maximum atomic E-state index is 5.66. The second-order valence-electron chi connectivity index (χ2n) is 6.36. The zero-order valence-corrected chi connectivity index (χ0v) is 15.5. The Morgan fingerprint density at radius 2 is 1.54 bits per heavy atom. The number of quaternary nitrogens is 1. The molecule has 2 N–H and O–H groups in total.